The predicted octanol–water partition coefficient (Wildman–Crippen LogP) is 5.32. The number of fused-ring (bicyclic) bond motifs is 2. The zero-order chi connectivity index (χ0) is 27.1. The van der Waals surface area contributed by atoms with E-state index in [1.165, 1.54) is 12.1 Å². The third-order valence-electron chi connectivity index (χ3n) is 7.06. The molecule has 3 aromatic carbocycles. The Morgan fingerprint density at radius 2 is 1.00 bits per heavy atom. The first-order valence-corrected chi connectivity index (χ1v) is 12.6. The molecule has 0 atom stereocenters. The number of hydrogen-bond acceptors (Lipinski definition) is 4. The van der Waals surface area contributed by atoms with Crippen LogP contribution in [0.2, 0.25) is 0 Å². The van der Waals surface area contributed by atoms with E-state index in [1.807, 2.05) is 95.7 Å². The highest BCUT2D eigenvalue weighted by Gasteiger charge is 2.21. The van der Waals surface area contributed by atoms with Gasteiger partial charge in [-0.25, -0.2) is 8.78 Å². The molecule has 5 rings (SSSR count). The zero-order valence-corrected chi connectivity index (χ0v) is 22.0. The summed E-state index contributed by atoms with van der Waals surface area (Å²) in [6, 6.07) is 17.9. The molecule has 6 nitrogen and oxygen atoms in total. The largest absolute Gasteiger partial charge is 0.395 e. The fourth-order valence-electron chi connectivity index (χ4n) is 5.11. The van der Waals surface area contributed by atoms with Crippen LogP contribution in [-0.4, -0.2) is 60.8 Å². The third kappa shape index (κ3) is 4.40. The van der Waals surface area contributed by atoms with Crippen molar-refractivity contribution in [1.29, 1.82) is 0 Å². The normalized spacial score (nSPS) is 11.6. The molecule has 0 radical (unpaired) electrons. The fraction of sp³-hybridized carbons (Fsp3) is 0.267. The maximum atomic E-state index is 15.8. The van der Waals surface area contributed by atoms with Crippen LogP contribution in [-0.2, 0) is 13.1 Å². The van der Waals surface area contributed by atoms with Crippen molar-refractivity contribution in [1.82, 2.24) is 9.13 Å². The topological polar surface area (TPSA) is 56.8 Å². The van der Waals surface area contributed by atoms with Crippen molar-refractivity contribution in [2.75, 3.05) is 51.2 Å². The molecular formula is C30H32F2N4O2. The van der Waals surface area contributed by atoms with Crippen LogP contribution in [0.25, 0.3) is 44.3 Å². The van der Waals surface area contributed by atoms with Gasteiger partial charge in [0.15, 0.2) is 0 Å². The van der Waals surface area contributed by atoms with Gasteiger partial charge in [-0.3, -0.25) is 0 Å². The van der Waals surface area contributed by atoms with Crippen LogP contribution in [0.4, 0.5) is 20.2 Å². The van der Waals surface area contributed by atoms with Crippen LogP contribution in [0.3, 0.4) is 0 Å². The van der Waals surface area contributed by atoms with Crippen LogP contribution < -0.4 is 9.80 Å². The van der Waals surface area contributed by atoms with Gasteiger partial charge in [-0.15, -0.1) is 0 Å². The molecule has 2 N–H and O–H groups in total. The fourth-order valence-corrected chi connectivity index (χ4v) is 5.11. The van der Waals surface area contributed by atoms with Gasteiger partial charge in [-0.2, -0.15) is 0 Å². The maximum absolute atomic E-state index is 15.8. The first-order chi connectivity index (χ1) is 18.2. The molecule has 5 aromatic rings. The second kappa shape index (κ2) is 10.1. The van der Waals surface area contributed by atoms with Crippen LogP contribution in [0.1, 0.15) is 0 Å². The highest BCUT2D eigenvalue weighted by Crippen LogP contribution is 2.37. The smallest absolute Gasteiger partial charge is 0.133 e. The van der Waals surface area contributed by atoms with Gasteiger partial charge in [0.1, 0.15) is 11.6 Å². The molecule has 198 valence electrons. The highest BCUT2D eigenvalue weighted by atomic mass is 19.1. The first-order valence-electron chi connectivity index (χ1n) is 12.6. The number of aliphatic hydroxyl groups is 2. The molecular weight excluding hydrogens is 486 g/mol. The van der Waals surface area contributed by atoms with E-state index in [9.17, 15) is 10.2 Å². The van der Waals surface area contributed by atoms with Crippen molar-refractivity contribution < 1.29 is 19.0 Å². The van der Waals surface area contributed by atoms with E-state index in [0.717, 1.165) is 33.2 Å². The minimum absolute atomic E-state index is 0.127. The Kier molecular flexibility index (Phi) is 6.86. The van der Waals surface area contributed by atoms with E-state index >= 15 is 8.78 Å². The van der Waals surface area contributed by atoms with Crippen LogP contribution in [0.5, 0.6) is 0 Å². The molecule has 0 unspecified atom stereocenters. The summed E-state index contributed by atoms with van der Waals surface area (Å²) in [4.78, 5) is 3.94. The average Bonchev–Trinajstić information content (AvgIpc) is 3.43. The third-order valence-corrected chi connectivity index (χ3v) is 7.06. The lowest BCUT2D eigenvalue weighted by Crippen LogP contribution is -2.09. The number of nitrogens with zero attached hydrogens (tertiary/aromatic N) is 4. The van der Waals surface area contributed by atoms with Crippen molar-refractivity contribution >= 4 is 33.2 Å². The number of rotatable bonds is 8. The van der Waals surface area contributed by atoms with Gasteiger partial charge in [-0.05, 0) is 48.5 Å². The molecule has 0 bridgehead atoms. The zero-order valence-electron chi connectivity index (χ0n) is 22.0. The minimum Gasteiger partial charge on any atom is -0.395 e. The van der Waals surface area contributed by atoms with Gasteiger partial charge in [0.25, 0.3) is 0 Å². The number of anilines is 2. The summed E-state index contributed by atoms with van der Waals surface area (Å²) in [6.45, 7) is 0.220. The van der Waals surface area contributed by atoms with Gasteiger partial charge < -0.3 is 29.1 Å². The van der Waals surface area contributed by atoms with E-state index in [0.29, 0.717) is 11.4 Å². The standard InChI is InChI=1S/C30H32F2N4O2/c1-33(2)21-7-5-19-13-29(35(9-11-37)27(19)15-21)23-17-26(32)24(18-25(23)31)30-14-20-6-8-22(34(3)4)16-28(20)36(30)10-12-38/h5-8,13-18,37-38H,9-12H2,1-4H3. The molecule has 2 aromatic heterocycles. The Balaban J connectivity index is 1.67. The van der Waals surface area contributed by atoms with Crippen molar-refractivity contribution in [3.05, 3.63) is 72.3 Å². The lowest BCUT2D eigenvalue weighted by Gasteiger charge is -2.16. The van der Waals surface area contributed by atoms with Gasteiger partial charge in [0, 0.05) is 74.6 Å². The molecule has 8 heteroatoms. The molecule has 0 aliphatic rings. The highest BCUT2D eigenvalue weighted by molar-refractivity contribution is 5.92. The summed E-state index contributed by atoms with van der Waals surface area (Å²) >= 11 is 0. The van der Waals surface area contributed by atoms with Crippen molar-refractivity contribution in [3.63, 3.8) is 0 Å². The Morgan fingerprint density at radius 1 is 0.605 bits per heavy atom. The Morgan fingerprint density at radius 3 is 1.34 bits per heavy atom. The van der Waals surface area contributed by atoms with E-state index in [4.69, 9.17) is 0 Å². The molecule has 38 heavy (non-hydrogen) atoms. The van der Waals surface area contributed by atoms with E-state index < -0.39 is 11.6 Å². The lowest BCUT2D eigenvalue weighted by atomic mass is 10.0. The quantitative estimate of drug-likeness (QED) is 0.292. The lowest BCUT2D eigenvalue weighted by molar-refractivity contribution is 0.278. The summed E-state index contributed by atoms with van der Waals surface area (Å²) < 4.78 is 35.2. The van der Waals surface area contributed by atoms with Crippen molar-refractivity contribution in [2.45, 2.75) is 13.1 Å². The van der Waals surface area contributed by atoms with Crippen molar-refractivity contribution in [2.24, 2.45) is 0 Å². The Hall–Kier alpha value is -3.88. The molecule has 0 saturated heterocycles. The Bertz CT molecular complexity index is 1510. The van der Waals surface area contributed by atoms with Crippen molar-refractivity contribution in [3.8, 4) is 22.5 Å². The van der Waals surface area contributed by atoms with Gasteiger partial charge in [0.2, 0.25) is 0 Å². The molecule has 0 spiro atoms. The van der Waals surface area contributed by atoms with E-state index in [2.05, 4.69) is 0 Å². The molecule has 2 heterocycles. The van der Waals surface area contributed by atoms with E-state index in [-0.39, 0.29) is 37.4 Å². The number of aromatic nitrogens is 2. The first kappa shape index (κ1) is 25.8. The second-order valence-corrected chi connectivity index (χ2v) is 9.90. The summed E-state index contributed by atoms with van der Waals surface area (Å²) in [7, 11) is 7.75. The number of aliphatic hydroxyl groups excluding tert-OH is 2. The molecule has 0 amide bonds. The second-order valence-electron chi connectivity index (χ2n) is 9.90. The SMILES string of the molecule is CN(C)c1ccc2cc(-c3cc(F)c(-c4cc5ccc(N(C)C)cc5n4CCO)cc3F)n(CCO)c2c1. The van der Waals surface area contributed by atoms with Crippen LogP contribution in [0, 0.1) is 11.6 Å². The molecule has 0 saturated carbocycles. The Labute approximate surface area is 220 Å². The molecule has 0 aliphatic carbocycles. The summed E-state index contributed by atoms with van der Waals surface area (Å²) in [6.07, 6.45) is 0. The molecule has 0 fully saturated rings. The predicted molar refractivity (Wildman–Crippen MR) is 151 cm³/mol. The van der Waals surface area contributed by atoms with E-state index in [1.54, 1.807) is 0 Å². The minimum atomic E-state index is -0.564. The summed E-state index contributed by atoms with van der Waals surface area (Å²) in [5, 5.41) is 21.2. The number of hydrogen-bond donors (Lipinski definition) is 2. The van der Waals surface area contributed by atoms with Crippen LogP contribution >= 0.6 is 0 Å². The average molecular weight is 519 g/mol. The van der Waals surface area contributed by atoms with Gasteiger partial charge >= 0.3 is 0 Å². The maximum Gasteiger partial charge on any atom is 0.133 e. The van der Waals surface area contributed by atoms with Gasteiger partial charge in [0.05, 0.1) is 35.6 Å². The van der Waals surface area contributed by atoms with Crippen LogP contribution in [0.15, 0.2) is 60.7 Å². The van der Waals surface area contributed by atoms with Gasteiger partial charge in [-0.1, -0.05) is 12.1 Å². The number of benzene rings is 3. The summed E-state index contributed by atoms with van der Waals surface area (Å²) in [5.41, 5.74) is 4.87. The summed E-state index contributed by atoms with van der Waals surface area (Å²) in [5.74, 6) is -1.13. The molecule has 0 aliphatic heterocycles. The monoisotopic (exact) mass is 518 g/mol. The number of halogens is 2.